The highest BCUT2D eigenvalue weighted by Gasteiger charge is 2.18. The van der Waals surface area contributed by atoms with Crippen molar-refractivity contribution in [2.24, 2.45) is 4.99 Å². The Bertz CT molecular complexity index is 426. The van der Waals surface area contributed by atoms with Crippen LogP contribution < -0.4 is 10.6 Å². The molecule has 0 aromatic carbocycles. The lowest BCUT2D eigenvalue weighted by Crippen LogP contribution is -2.45. The molecule has 0 fully saturated rings. The van der Waals surface area contributed by atoms with E-state index in [0.29, 0.717) is 31.6 Å². The second-order valence-electron chi connectivity index (χ2n) is 5.79. The van der Waals surface area contributed by atoms with E-state index in [1.165, 1.54) is 30.0 Å². The van der Waals surface area contributed by atoms with Gasteiger partial charge in [-0.2, -0.15) is 0 Å². The highest BCUT2D eigenvalue weighted by molar-refractivity contribution is 14.0. The van der Waals surface area contributed by atoms with E-state index in [2.05, 4.69) is 29.5 Å². The van der Waals surface area contributed by atoms with Crippen molar-refractivity contribution in [1.82, 2.24) is 14.9 Å². The zero-order valence-corrected chi connectivity index (χ0v) is 19.1. The maximum absolute atomic E-state index is 12.1. The summed E-state index contributed by atoms with van der Waals surface area (Å²) in [6.45, 7) is 9.44. The van der Waals surface area contributed by atoms with Crippen LogP contribution in [0.3, 0.4) is 0 Å². The van der Waals surface area contributed by atoms with Gasteiger partial charge in [-0.25, -0.2) is 12.7 Å². The van der Waals surface area contributed by atoms with Crippen LogP contribution in [0, 0.1) is 0 Å². The molecule has 0 radical (unpaired) electrons. The third kappa shape index (κ3) is 11.5. The average Bonchev–Trinajstić information content (AvgIpc) is 2.51. The van der Waals surface area contributed by atoms with Crippen molar-refractivity contribution >= 4 is 40.0 Å². The van der Waals surface area contributed by atoms with Crippen LogP contribution >= 0.6 is 24.0 Å². The fourth-order valence-electron chi connectivity index (χ4n) is 2.42. The summed E-state index contributed by atoms with van der Waals surface area (Å²) in [6.07, 6.45) is 6.08. The zero-order valence-electron chi connectivity index (χ0n) is 16.0. The minimum absolute atomic E-state index is 0. The number of rotatable bonds is 12. The lowest BCUT2D eigenvalue weighted by atomic mass is 10.1. The largest absolute Gasteiger partial charge is 0.355 e. The quantitative estimate of drug-likeness (QED) is 0.197. The standard InChI is InChI=1S/C16H36N4O2S.HI/c1-6-9-10-11-12-15(4)19-16(17-5)18-13-14-23(21,22)20(7-2)8-3;/h15H,6-14H2,1-5H3,(H2,17,18,19);1H. The van der Waals surface area contributed by atoms with Crippen LogP contribution in [0.5, 0.6) is 0 Å². The fourth-order valence-corrected chi connectivity index (χ4v) is 3.83. The van der Waals surface area contributed by atoms with Gasteiger partial charge in [-0.05, 0) is 13.3 Å². The first kappa shape index (κ1) is 26.1. The van der Waals surface area contributed by atoms with Gasteiger partial charge in [0.25, 0.3) is 0 Å². The average molecular weight is 476 g/mol. The fraction of sp³-hybridized carbons (Fsp3) is 0.938. The smallest absolute Gasteiger partial charge is 0.215 e. The number of nitrogens with zero attached hydrogens (tertiary/aromatic N) is 2. The number of nitrogens with one attached hydrogen (secondary N) is 2. The number of hydrogen-bond donors (Lipinski definition) is 2. The SMILES string of the molecule is CCCCCCC(C)NC(=NC)NCCS(=O)(=O)N(CC)CC.I. The summed E-state index contributed by atoms with van der Waals surface area (Å²) in [5, 5.41) is 6.41. The predicted octanol–water partition coefficient (Wildman–Crippen LogP) is 2.80. The van der Waals surface area contributed by atoms with Crippen LogP contribution in [0.4, 0.5) is 0 Å². The number of unbranched alkanes of at least 4 members (excludes halogenated alkanes) is 3. The van der Waals surface area contributed by atoms with E-state index >= 15 is 0 Å². The first-order valence-electron chi connectivity index (χ1n) is 8.86. The molecule has 0 aliphatic rings. The summed E-state index contributed by atoms with van der Waals surface area (Å²) in [5.74, 6) is 0.753. The first-order valence-corrected chi connectivity index (χ1v) is 10.5. The number of halogens is 1. The van der Waals surface area contributed by atoms with Crippen LogP contribution in [-0.4, -0.2) is 57.2 Å². The van der Waals surface area contributed by atoms with Gasteiger partial charge in [-0.1, -0.05) is 46.5 Å². The summed E-state index contributed by atoms with van der Waals surface area (Å²) in [5.41, 5.74) is 0. The van der Waals surface area contributed by atoms with Gasteiger partial charge >= 0.3 is 0 Å². The molecule has 0 bridgehead atoms. The van der Waals surface area contributed by atoms with E-state index in [-0.39, 0.29) is 29.7 Å². The maximum Gasteiger partial charge on any atom is 0.215 e. The Morgan fingerprint density at radius 3 is 2.25 bits per heavy atom. The van der Waals surface area contributed by atoms with Crippen LogP contribution in [0.15, 0.2) is 4.99 Å². The third-order valence-corrected chi connectivity index (χ3v) is 5.87. The molecular formula is C16H37IN4O2S. The molecular weight excluding hydrogens is 439 g/mol. The maximum atomic E-state index is 12.1. The summed E-state index contributed by atoms with van der Waals surface area (Å²) < 4.78 is 25.7. The second kappa shape index (κ2) is 15.2. The predicted molar refractivity (Wildman–Crippen MR) is 115 cm³/mol. The van der Waals surface area contributed by atoms with Crippen molar-refractivity contribution in [3.63, 3.8) is 0 Å². The molecule has 0 saturated carbocycles. The van der Waals surface area contributed by atoms with Crippen LogP contribution in [-0.2, 0) is 10.0 Å². The Balaban J connectivity index is 0. The molecule has 6 nitrogen and oxygen atoms in total. The Morgan fingerprint density at radius 2 is 1.75 bits per heavy atom. The molecule has 24 heavy (non-hydrogen) atoms. The third-order valence-electron chi connectivity index (χ3n) is 3.85. The van der Waals surface area contributed by atoms with Crippen LogP contribution in [0.25, 0.3) is 0 Å². The van der Waals surface area contributed by atoms with Gasteiger partial charge in [0.05, 0.1) is 5.75 Å². The van der Waals surface area contributed by atoms with Gasteiger partial charge in [0.15, 0.2) is 5.96 Å². The molecule has 1 atom stereocenters. The summed E-state index contributed by atoms with van der Waals surface area (Å²) in [6, 6.07) is 0.331. The molecule has 0 rings (SSSR count). The molecule has 0 aromatic heterocycles. The van der Waals surface area contributed by atoms with Gasteiger partial charge in [-0.3, -0.25) is 4.99 Å². The van der Waals surface area contributed by atoms with Gasteiger partial charge in [0.1, 0.15) is 0 Å². The molecule has 0 aliphatic heterocycles. The lowest BCUT2D eigenvalue weighted by Gasteiger charge is -2.20. The van der Waals surface area contributed by atoms with Crippen LogP contribution in [0.2, 0.25) is 0 Å². The molecule has 0 amide bonds. The van der Waals surface area contributed by atoms with Crippen molar-refractivity contribution < 1.29 is 8.42 Å². The van der Waals surface area contributed by atoms with Crippen molar-refractivity contribution in [2.75, 3.05) is 32.4 Å². The second-order valence-corrected chi connectivity index (χ2v) is 7.88. The Morgan fingerprint density at radius 1 is 1.12 bits per heavy atom. The Hall–Kier alpha value is -0.0900. The molecule has 0 saturated heterocycles. The monoisotopic (exact) mass is 476 g/mol. The summed E-state index contributed by atoms with van der Waals surface area (Å²) in [4.78, 5) is 4.16. The van der Waals surface area contributed by atoms with E-state index in [0.717, 1.165) is 6.42 Å². The number of sulfonamides is 1. The van der Waals surface area contributed by atoms with Crippen molar-refractivity contribution in [1.29, 1.82) is 0 Å². The highest BCUT2D eigenvalue weighted by atomic mass is 127. The molecule has 146 valence electrons. The molecule has 1 unspecified atom stereocenters. The van der Waals surface area contributed by atoms with E-state index in [9.17, 15) is 8.42 Å². The van der Waals surface area contributed by atoms with E-state index in [4.69, 9.17) is 0 Å². The molecule has 0 aromatic rings. The molecule has 0 spiro atoms. The lowest BCUT2D eigenvalue weighted by molar-refractivity contribution is 0.445. The summed E-state index contributed by atoms with van der Waals surface area (Å²) in [7, 11) is -1.48. The Labute approximate surface area is 166 Å². The number of hydrogen-bond acceptors (Lipinski definition) is 3. The Kier molecular flexibility index (Phi) is 16.5. The zero-order chi connectivity index (χ0) is 17.7. The van der Waals surface area contributed by atoms with Crippen LogP contribution in [0.1, 0.15) is 59.8 Å². The minimum Gasteiger partial charge on any atom is -0.355 e. The summed E-state index contributed by atoms with van der Waals surface area (Å²) >= 11 is 0. The van der Waals surface area contributed by atoms with E-state index < -0.39 is 10.0 Å². The van der Waals surface area contributed by atoms with E-state index in [1.807, 2.05) is 13.8 Å². The number of aliphatic imine (C=N–C) groups is 1. The van der Waals surface area contributed by atoms with Gasteiger partial charge in [0.2, 0.25) is 10.0 Å². The molecule has 8 heteroatoms. The topological polar surface area (TPSA) is 73.8 Å². The van der Waals surface area contributed by atoms with Crippen molar-refractivity contribution in [3.05, 3.63) is 0 Å². The van der Waals surface area contributed by atoms with Gasteiger partial charge in [0, 0.05) is 32.7 Å². The van der Waals surface area contributed by atoms with Gasteiger partial charge < -0.3 is 10.6 Å². The number of guanidine groups is 1. The molecule has 2 N–H and O–H groups in total. The molecule has 0 heterocycles. The van der Waals surface area contributed by atoms with E-state index in [1.54, 1.807) is 7.05 Å². The van der Waals surface area contributed by atoms with Crippen molar-refractivity contribution in [2.45, 2.75) is 65.8 Å². The first-order chi connectivity index (χ1) is 10.9. The minimum atomic E-state index is -3.19. The van der Waals surface area contributed by atoms with Crippen molar-refractivity contribution in [3.8, 4) is 0 Å². The normalized spacial score (nSPS) is 13.5. The van der Waals surface area contributed by atoms with Gasteiger partial charge in [-0.15, -0.1) is 24.0 Å². The molecule has 0 aliphatic carbocycles. The highest BCUT2D eigenvalue weighted by Crippen LogP contribution is 2.05.